The molecule has 0 saturated heterocycles. The van der Waals surface area contributed by atoms with E-state index in [2.05, 4.69) is 15.6 Å². The molecule has 1 amide bonds. The molecule has 0 saturated carbocycles. The Labute approximate surface area is 104 Å². The molecule has 90 valence electrons. The van der Waals surface area contributed by atoms with E-state index in [0.717, 1.165) is 17.4 Å². The SMILES string of the molecule is CNCCNC(=O)c1cc2cc(Cl)ccc2[nH]1. The Hall–Kier alpha value is -1.52. The van der Waals surface area contributed by atoms with Crippen LogP contribution in [0.25, 0.3) is 10.9 Å². The van der Waals surface area contributed by atoms with E-state index in [1.54, 1.807) is 12.1 Å². The summed E-state index contributed by atoms with van der Waals surface area (Å²) in [4.78, 5) is 14.8. The van der Waals surface area contributed by atoms with E-state index in [1.165, 1.54) is 0 Å². The fraction of sp³-hybridized carbons (Fsp3) is 0.250. The van der Waals surface area contributed by atoms with Crippen LogP contribution in [0.1, 0.15) is 10.5 Å². The van der Waals surface area contributed by atoms with Gasteiger partial charge in [-0.1, -0.05) is 11.6 Å². The number of H-pyrrole nitrogens is 1. The third-order valence-electron chi connectivity index (χ3n) is 2.49. The molecule has 0 unspecified atom stereocenters. The molecule has 0 atom stereocenters. The Bertz CT molecular complexity index is 536. The maximum absolute atomic E-state index is 11.8. The number of hydrogen-bond donors (Lipinski definition) is 3. The number of fused-ring (bicyclic) bond motifs is 1. The third kappa shape index (κ3) is 2.78. The topological polar surface area (TPSA) is 56.9 Å². The number of carbonyl (C=O) groups excluding carboxylic acids is 1. The maximum atomic E-state index is 11.8. The summed E-state index contributed by atoms with van der Waals surface area (Å²) < 4.78 is 0. The van der Waals surface area contributed by atoms with Gasteiger partial charge in [-0.25, -0.2) is 0 Å². The summed E-state index contributed by atoms with van der Waals surface area (Å²) in [5.74, 6) is -0.104. The van der Waals surface area contributed by atoms with Crippen molar-refractivity contribution >= 4 is 28.4 Å². The molecule has 1 heterocycles. The smallest absolute Gasteiger partial charge is 0.267 e. The van der Waals surface area contributed by atoms with E-state index in [4.69, 9.17) is 11.6 Å². The first kappa shape index (κ1) is 12.0. The zero-order valence-electron chi connectivity index (χ0n) is 9.51. The average Bonchev–Trinajstić information content (AvgIpc) is 2.72. The highest BCUT2D eigenvalue weighted by Crippen LogP contribution is 2.19. The number of aromatic amines is 1. The number of benzene rings is 1. The van der Waals surface area contributed by atoms with Crippen molar-refractivity contribution in [1.29, 1.82) is 0 Å². The first-order valence-electron chi connectivity index (χ1n) is 5.42. The molecule has 2 aromatic rings. The standard InChI is InChI=1S/C12H14ClN3O/c1-14-4-5-15-12(17)11-7-8-6-9(13)2-3-10(8)16-11/h2-3,6-7,14,16H,4-5H2,1H3,(H,15,17). The van der Waals surface area contributed by atoms with Crippen molar-refractivity contribution in [2.45, 2.75) is 0 Å². The number of amides is 1. The third-order valence-corrected chi connectivity index (χ3v) is 2.72. The summed E-state index contributed by atoms with van der Waals surface area (Å²) in [5, 5.41) is 7.38. The highest BCUT2D eigenvalue weighted by Gasteiger charge is 2.08. The van der Waals surface area contributed by atoms with Crippen LogP contribution >= 0.6 is 11.6 Å². The van der Waals surface area contributed by atoms with E-state index in [1.807, 2.05) is 19.2 Å². The predicted octanol–water partition coefficient (Wildman–Crippen LogP) is 1.77. The molecule has 1 aromatic carbocycles. The first-order valence-corrected chi connectivity index (χ1v) is 5.79. The maximum Gasteiger partial charge on any atom is 0.267 e. The molecule has 17 heavy (non-hydrogen) atoms. The van der Waals surface area contributed by atoms with Gasteiger partial charge in [-0.3, -0.25) is 4.79 Å². The zero-order chi connectivity index (χ0) is 12.3. The Morgan fingerprint density at radius 2 is 2.18 bits per heavy atom. The lowest BCUT2D eigenvalue weighted by Gasteiger charge is -2.01. The molecule has 0 bridgehead atoms. The fourth-order valence-electron chi connectivity index (χ4n) is 1.62. The monoisotopic (exact) mass is 251 g/mol. The molecule has 4 nitrogen and oxygen atoms in total. The second kappa shape index (κ2) is 5.21. The summed E-state index contributed by atoms with van der Waals surface area (Å²) in [6.07, 6.45) is 0. The van der Waals surface area contributed by atoms with Crippen LogP contribution in [0.3, 0.4) is 0 Å². The van der Waals surface area contributed by atoms with Gasteiger partial charge < -0.3 is 15.6 Å². The Kier molecular flexibility index (Phi) is 3.66. The molecule has 0 spiro atoms. The molecule has 0 aliphatic carbocycles. The van der Waals surface area contributed by atoms with Crippen LogP contribution in [0, 0.1) is 0 Å². The molecule has 1 aromatic heterocycles. The van der Waals surface area contributed by atoms with Crippen LogP contribution in [0.4, 0.5) is 0 Å². The number of carbonyl (C=O) groups is 1. The van der Waals surface area contributed by atoms with Gasteiger partial charge in [-0.05, 0) is 31.3 Å². The van der Waals surface area contributed by atoms with Crippen LogP contribution in [0.5, 0.6) is 0 Å². The van der Waals surface area contributed by atoms with E-state index < -0.39 is 0 Å². The van der Waals surface area contributed by atoms with Crippen molar-refractivity contribution in [3.05, 3.63) is 35.0 Å². The second-order valence-corrected chi connectivity index (χ2v) is 4.21. The largest absolute Gasteiger partial charge is 0.351 e. The normalized spacial score (nSPS) is 10.7. The molecule has 3 N–H and O–H groups in total. The van der Waals surface area contributed by atoms with Crippen molar-refractivity contribution in [3.63, 3.8) is 0 Å². The van der Waals surface area contributed by atoms with Crippen LogP contribution < -0.4 is 10.6 Å². The van der Waals surface area contributed by atoms with Gasteiger partial charge >= 0.3 is 0 Å². The second-order valence-electron chi connectivity index (χ2n) is 3.77. The minimum atomic E-state index is -0.104. The number of hydrogen-bond acceptors (Lipinski definition) is 2. The lowest BCUT2D eigenvalue weighted by Crippen LogP contribution is -2.30. The fourth-order valence-corrected chi connectivity index (χ4v) is 1.80. The lowest BCUT2D eigenvalue weighted by atomic mass is 10.2. The van der Waals surface area contributed by atoms with Gasteiger partial charge in [-0.2, -0.15) is 0 Å². The molecular formula is C12H14ClN3O. The van der Waals surface area contributed by atoms with Crippen molar-refractivity contribution in [2.24, 2.45) is 0 Å². The van der Waals surface area contributed by atoms with Gasteiger partial charge in [-0.15, -0.1) is 0 Å². The molecule has 0 aliphatic rings. The number of halogens is 1. The van der Waals surface area contributed by atoms with Crippen LogP contribution in [0.15, 0.2) is 24.3 Å². The summed E-state index contributed by atoms with van der Waals surface area (Å²) >= 11 is 5.89. The van der Waals surface area contributed by atoms with E-state index in [9.17, 15) is 4.79 Å². The van der Waals surface area contributed by atoms with Gasteiger partial charge in [0.1, 0.15) is 5.69 Å². The van der Waals surface area contributed by atoms with Crippen LogP contribution in [-0.2, 0) is 0 Å². The van der Waals surface area contributed by atoms with Gasteiger partial charge in [0, 0.05) is 29.0 Å². The van der Waals surface area contributed by atoms with Crippen molar-refractivity contribution in [3.8, 4) is 0 Å². The van der Waals surface area contributed by atoms with Crippen LogP contribution in [0.2, 0.25) is 5.02 Å². The average molecular weight is 252 g/mol. The minimum absolute atomic E-state index is 0.104. The number of aromatic nitrogens is 1. The van der Waals surface area contributed by atoms with E-state index in [0.29, 0.717) is 17.3 Å². The van der Waals surface area contributed by atoms with Crippen molar-refractivity contribution in [1.82, 2.24) is 15.6 Å². The summed E-state index contributed by atoms with van der Waals surface area (Å²) in [5.41, 5.74) is 1.46. The molecule has 5 heteroatoms. The molecular weight excluding hydrogens is 238 g/mol. The zero-order valence-corrected chi connectivity index (χ0v) is 10.3. The van der Waals surface area contributed by atoms with Crippen molar-refractivity contribution in [2.75, 3.05) is 20.1 Å². The van der Waals surface area contributed by atoms with Gasteiger partial charge in [0.25, 0.3) is 5.91 Å². The van der Waals surface area contributed by atoms with E-state index in [-0.39, 0.29) is 5.91 Å². The minimum Gasteiger partial charge on any atom is -0.351 e. The number of nitrogens with one attached hydrogen (secondary N) is 3. The molecule has 0 fully saturated rings. The number of rotatable bonds is 4. The predicted molar refractivity (Wildman–Crippen MR) is 69.6 cm³/mol. The number of likely N-dealkylation sites (N-methyl/N-ethyl adjacent to an activating group) is 1. The molecule has 2 rings (SSSR count). The first-order chi connectivity index (χ1) is 8.20. The molecule has 0 aliphatic heterocycles. The van der Waals surface area contributed by atoms with E-state index >= 15 is 0 Å². The Balaban J connectivity index is 2.15. The summed E-state index contributed by atoms with van der Waals surface area (Å²) in [7, 11) is 1.84. The highest BCUT2D eigenvalue weighted by atomic mass is 35.5. The van der Waals surface area contributed by atoms with Gasteiger partial charge in [0.05, 0.1) is 0 Å². The van der Waals surface area contributed by atoms with Gasteiger partial charge in [0.15, 0.2) is 0 Å². The van der Waals surface area contributed by atoms with Crippen LogP contribution in [-0.4, -0.2) is 31.0 Å². The Morgan fingerprint density at radius 1 is 1.35 bits per heavy atom. The van der Waals surface area contributed by atoms with Gasteiger partial charge in [0.2, 0.25) is 0 Å². The summed E-state index contributed by atoms with van der Waals surface area (Å²) in [6.45, 7) is 1.35. The highest BCUT2D eigenvalue weighted by molar-refractivity contribution is 6.31. The summed E-state index contributed by atoms with van der Waals surface area (Å²) in [6, 6.07) is 7.29. The molecule has 0 radical (unpaired) electrons. The van der Waals surface area contributed by atoms with Crippen molar-refractivity contribution < 1.29 is 4.79 Å². The quantitative estimate of drug-likeness (QED) is 0.726. The lowest BCUT2D eigenvalue weighted by molar-refractivity contribution is 0.0950. The Morgan fingerprint density at radius 3 is 2.94 bits per heavy atom.